The molecule has 1 N–H and O–H groups in total. The van der Waals surface area contributed by atoms with Crippen LogP contribution in [-0.2, 0) is 19.1 Å². The van der Waals surface area contributed by atoms with Gasteiger partial charge in [-0.1, -0.05) is 6.08 Å². The van der Waals surface area contributed by atoms with Crippen molar-refractivity contribution in [1.29, 1.82) is 0 Å². The van der Waals surface area contributed by atoms with Gasteiger partial charge in [-0.3, -0.25) is 9.59 Å². The molecule has 0 amide bonds. The number of rotatable bonds is 1. The molecule has 0 saturated heterocycles. The highest BCUT2D eigenvalue weighted by molar-refractivity contribution is 6.22. The molecule has 0 saturated carbocycles. The SMILES string of the molecule is C/C=C/[C@H]1OC2=C(C(=O)C[C@H](C)O2)C(=O)[C@@H]1O. The van der Waals surface area contributed by atoms with Gasteiger partial charge in [-0.05, 0) is 19.9 Å². The highest BCUT2D eigenvalue weighted by Gasteiger charge is 2.43. The summed E-state index contributed by atoms with van der Waals surface area (Å²) in [4.78, 5) is 23.5. The first-order chi connectivity index (χ1) is 8.04. The van der Waals surface area contributed by atoms with E-state index in [9.17, 15) is 14.7 Å². The zero-order valence-corrected chi connectivity index (χ0v) is 9.67. The Bertz CT molecular complexity index is 421. The highest BCUT2D eigenvalue weighted by Crippen LogP contribution is 2.30. The van der Waals surface area contributed by atoms with Crippen LogP contribution in [0.1, 0.15) is 20.3 Å². The Morgan fingerprint density at radius 3 is 2.71 bits per heavy atom. The van der Waals surface area contributed by atoms with Crippen LogP contribution < -0.4 is 0 Å². The molecule has 0 bridgehead atoms. The molecule has 92 valence electrons. The van der Waals surface area contributed by atoms with Gasteiger partial charge in [0.1, 0.15) is 11.7 Å². The summed E-state index contributed by atoms with van der Waals surface area (Å²) in [5, 5.41) is 9.72. The largest absolute Gasteiger partial charge is 0.461 e. The number of ether oxygens (including phenoxy) is 2. The van der Waals surface area contributed by atoms with E-state index in [4.69, 9.17) is 9.47 Å². The van der Waals surface area contributed by atoms with Gasteiger partial charge in [0.2, 0.25) is 5.78 Å². The Morgan fingerprint density at radius 1 is 1.35 bits per heavy atom. The van der Waals surface area contributed by atoms with E-state index in [1.54, 1.807) is 26.0 Å². The third-order valence-electron chi connectivity index (χ3n) is 2.72. The van der Waals surface area contributed by atoms with Crippen molar-refractivity contribution in [3.63, 3.8) is 0 Å². The van der Waals surface area contributed by atoms with Crippen LogP contribution in [0, 0.1) is 0 Å². The maximum absolute atomic E-state index is 11.8. The topological polar surface area (TPSA) is 72.8 Å². The van der Waals surface area contributed by atoms with Crippen LogP contribution in [0.3, 0.4) is 0 Å². The monoisotopic (exact) mass is 238 g/mol. The van der Waals surface area contributed by atoms with E-state index in [1.165, 1.54) is 0 Å². The number of carbonyl (C=O) groups is 2. The molecule has 0 spiro atoms. The van der Waals surface area contributed by atoms with Crippen LogP contribution >= 0.6 is 0 Å². The van der Waals surface area contributed by atoms with Crippen LogP contribution in [0.4, 0.5) is 0 Å². The van der Waals surface area contributed by atoms with E-state index in [-0.39, 0.29) is 29.8 Å². The van der Waals surface area contributed by atoms with E-state index >= 15 is 0 Å². The van der Waals surface area contributed by atoms with E-state index in [1.807, 2.05) is 0 Å². The second kappa shape index (κ2) is 4.33. The second-order valence-corrected chi connectivity index (χ2v) is 4.14. The van der Waals surface area contributed by atoms with Gasteiger partial charge >= 0.3 is 0 Å². The van der Waals surface area contributed by atoms with Crippen LogP contribution in [0.5, 0.6) is 0 Å². The Kier molecular flexibility index (Phi) is 3.02. The molecule has 2 rings (SSSR count). The number of aliphatic hydroxyl groups excluding tert-OH is 1. The molecular weight excluding hydrogens is 224 g/mol. The summed E-state index contributed by atoms with van der Waals surface area (Å²) in [6.45, 7) is 3.48. The molecular formula is C12H14O5. The van der Waals surface area contributed by atoms with Crippen molar-refractivity contribution >= 4 is 11.6 Å². The summed E-state index contributed by atoms with van der Waals surface area (Å²) in [6, 6.07) is 0. The van der Waals surface area contributed by atoms with Gasteiger partial charge in [0.25, 0.3) is 5.95 Å². The molecule has 0 aliphatic carbocycles. The lowest BCUT2D eigenvalue weighted by molar-refractivity contribution is -0.146. The molecule has 0 fully saturated rings. The number of allylic oxidation sites excluding steroid dienone is 1. The number of Topliss-reactive ketones (excluding diaryl/α,β-unsaturated/α-hetero) is 2. The molecule has 2 aliphatic rings. The van der Waals surface area contributed by atoms with Crippen molar-refractivity contribution in [1.82, 2.24) is 0 Å². The summed E-state index contributed by atoms with van der Waals surface area (Å²) in [7, 11) is 0. The van der Waals surface area contributed by atoms with Crippen molar-refractivity contribution in [2.24, 2.45) is 0 Å². The molecule has 0 unspecified atom stereocenters. The molecule has 5 heteroatoms. The third kappa shape index (κ3) is 1.98. The summed E-state index contributed by atoms with van der Waals surface area (Å²) >= 11 is 0. The molecule has 17 heavy (non-hydrogen) atoms. The normalized spacial score (nSPS) is 33.5. The average molecular weight is 238 g/mol. The van der Waals surface area contributed by atoms with Gasteiger partial charge in [-0.25, -0.2) is 0 Å². The average Bonchev–Trinajstić information content (AvgIpc) is 2.24. The number of carbonyl (C=O) groups excluding carboxylic acids is 2. The minimum atomic E-state index is -1.34. The van der Waals surface area contributed by atoms with Gasteiger partial charge in [0, 0.05) is 6.42 Å². The van der Waals surface area contributed by atoms with Gasteiger partial charge < -0.3 is 14.6 Å². The van der Waals surface area contributed by atoms with Crippen LogP contribution in [0.15, 0.2) is 23.7 Å². The Balaban J connectivity index is 2.37. The van der Waals surface area contributed by atoms with Gasteiger partial charge in [0.05, 0.1) is 0 Å². The van der Waals surface area contributed by atoms with Gasteiger partial charge in [0.15, 0.2) is 18.0 Å². The van der Waals surface area contributed by atoms with Crippen molar-refractivity contribution in [2.45, 2.75) is 38.6 Å². The Morgan fingerprint density at radius 2 is 2.06 bits per heavy atom. The predicted molar refractivity (Wildman–Crippen MR) is 57.9 cm³/mol. The lowest BCUT2D eigenvalue weighted by atomic mass is 9.93. The first-order valence-electron chi connectivity index (χ1n) is 5.50. The minimum absolute atomic E-state index is 0.0489. The molecule has 2 heterocycles. The summed E-state index contributed by atoms with van der Waals surface area (Å²) < 4.78 is 10.7. The van der Waals surface area contributed by atoms with Crippen LogP contribution in [-0.4, -0.2) is 35.0 Å². The number of hydrogen-bond acceptors (Lipinski definition) is 5. The molecule has 0 aromatic rings. The molecule has 2 aliphatic heterocycles. The quantitative estimate of drug-likeness (QED) is 0.531. The van der Waals surface area contributed by atoms with E-state index in [0.717, 1.165) is 0 Å². The lowest BCUT2D eigenvalue weighted by Crippen LogP contribution is -2.45. The Hall–Kier alpha value is -1.62. The van der Waals surface area contributed by atoms with Crippen molar-refractivity contribution in [3.8, 4) is 0 Å². The number of hydrogen-bond donors (Lipinski definition) is 1. The molecule has 0 radical (unpaired) electrons. The standard InChI is InChI=1S/C12H14O5/c1-3-4-8-10(14)11(15)9-7(13)5-6(2)16-12(9)17-8/h3-4,6,8,10,14H,5H2,1-2H3/b4-3+/t6-,8+,10+/m0/s1. The maximum atomic E-state index is 11.8. The van der Waals surface area contributed by atoms with Crippen LogP contribution in [0.25, 0.3) is 0 Å². The maximum Gasteiger partial charge on any atom is 0.295 e. The highest BCUT2D eigenvalue weighted by atomic mass is 16.7. The predicted octanol–water partition coefficient (Wildman–Crippen LogP) is 0.481. The fourth-order valence-corrected chi connectivity index (χ4v) is 1.90. The van der Waals surface area contributed by atoms with E-state index < -0.39 is 18.0 Å². The van der Waals surface area contributed by atoms with Crippen molar-refractivity contribution < 1.29 is 24.2 Å². The summed E-state index contributed by atoms with van der Waals surface area (Å²) in [5.41, 5.74) is -0.142. The fourth-order valence-electron chi connectivity index (χ4n) is 1.90. The summed E-state index contributed by atoms with van der Waals surface area (Å²) in [5.74, 6) is -1.000. The number of ketones is 2. The van der Waals surface area contributed by atoms with Gasteiger partial charge in [-0.2, -0.15) is 0 Å². The molecule has 3 atom stereocenters. The molecule has 0 aromatic carbocycles. The second-order valence-electron chi connectivity index (χ2n) is 4.14. The first kappa shape index (κ1) is 11.9. The van der Waals surface area contributed by atoms with E-state index in [2.05, 4.69) is 0 Å². The smallest absolute Gasteiger partial charge is 0.295 e. The lowest BCUT2D eigenvalue weighted by Gasteiger charge is -2.32. The first-order valence-corrected chi connectivity index (χ1v) is 5.50. The minimum Gasteiger partial charge on any atom is -0.461 e. The fraction of sp³-hybridized carbons (Fsp3) is 0.500. The van der Waals surface area contributed by atoms with Gasteiger partial charge in [-0.15, -0.1) is 0 Å². The van der Waals surface area contributed by atoms with Crippen molar-refractivity contribution in [3.05, 3.63) is 23.7 Å². The molecule has 0 aromatic heterocycles. The summed E-state index contributed by atoms with van der Waals surface area (Å²) in [6.07, 6.45) is 0.917. The zero-order chi connectivity index (χ0) is 12.6. The van der Waals surface area contributed by atoms with Crippen LogP contribution in [0.2, 0.25) is 0 Å². The third-order valence-corrected chi connectivity index (χ3v) is 2.72. The molecule has 5 nitrogen and oxygen atoms in total. The number of aliphatic hydroxyl groups is 1. The van der Waals surface area contributed by atoms with Crippen molar-refractivity contribution in [2.75, 3.05) is 0 Å². The van der Waals surface area contributed by atoms with E-state index in [0.29, 0.717) is 0 Å². The zero-order valence-electron chi connectivity index (χ0n) is 9.67. The Labute approximate surface area is 98.7 Å².